The summed E-state index contributed by atoms with van der Waals surface area (Å²) in [6.07, 6.45) is 0.898. The highest BCUT2D eigenvalue weighted by Gasteiger charge is 2.12. The van der Waals surface area contributed by atoms with E-state index in [2.05, 4.69) is 10.0 Å². The van der Waals surface area contributed by atoms with Crippen LogP contribution in [-0.4, -0.2) is 48.9 Å². The SMILES string of the molecule is CNCCCOc1ccc(S(=O)(=O)NCCOC)cc1. The van der Waals surface area contributed by atoms with Crippen LogP contribution in [0.3, 0.4) is 0 Å². The van der Waals surface area contributed by atoms with Gasteiger partial charge in [-0.3, -0.25) is 0 Å². The molecule has 1 aromatic carbocycles. The second kappa shape index (κ2) is 8.91. The van der Waals surface area contributed by atoms with Crippen molar-refractivity contribution < 1.29 is 17.9 Å². The maximum Gasteiger partial charge on any atom is 0.240 e. The largest absolute Gasteiger partial charge is 0.494 e. The molecule has 0 saturated carbocycles. The molecule has 0 aromatic heterocycles. The number of rotatable bonds is 10. The lowest BCUT2D eigenvalue weighted by Gasteiger charge is -2.08. The van der Waals surface area contributed by atoms with Gasteiger partial charge >= 0.3 is 0 Å². The van der Waals surface area contributed by atoms with E-state index < -0.39 is 10.0 Å². The van der Waals surface area contributed by atoms with Gasteiger partial charge in [0.05, 0.1) is 18.1 Å². The van der Waals surface area contributed by atoms with Gasteiger partial charge in [-0.1, -0.05) is 0 Å². The van der Waals surface area contributed by atoms with Crippen molar-refractivity contribution in [1.82, 2.24) is 10.0 Å². The summed E-state index contributed by atoms with van der Waals surface area (Å²) in [6.45, 7) is 2.07. The Labute approximate surface area is 120 Å². The van der Waals surface area contributed by atoms with E-state index in [1.165, 1.54) is 19.2 Å². The molecule has 0 radical (unpaired) electrons. The zero-order valence-corrected chi connectivity index (χ0v) is 12.7. The molecule has 20 heavy (non-hydrogen) atoms. The number of hydrogen-bond donors (Lipinski definition) is 2. The first kappa shape index (κ1) is 16.9. The zero-order valence-electron chi connectivity index (χ0n) is 11.9. The molecule has 6 nitrogen and oxygen atoms in total. The maximum absolute atomic E-state index is 11.9. The highest BCUT2D eigenvalue weighted by molar-refractivity contribution is 7.89. The first-order valence-electron chi connectivity index (χ1n) is 6.46. The van der Waals surface area contributed by atoms with E-state index in [0.717, 1.165) is 13.0 Å². The van der Waals surface area contributed by atoms with Crippen molar-refractivity contribution in [3.63, 3.8) is 0 Å². The molecule has 0 aliphatic rings. The van der Waals surface area contributed by atoms with E-state index in [9.17, 15) is 8.42 Å². The lowest BCUT2D eigenvalue weighted by atomic mass is 10.3. The summed E-state index contributed by atoms with van der Waals surface area (Å²) in [5.74, 6) is 0.664. The number of nitrogens with one attached hydrogen (secondary N) is 2. The van der Waals surface area contributed by atoms with Crippen LogP contribution in [0.5, 0.6) is 5.75 Å². The summed E-state index contributed by atoms with van der Waals surface area (Å²) >= 11 is 0. The van der Waals surface area contributed by atoms with E-state index in [4.69, 9.17) is 9.47 Å². The van der Waals surface area contributed by atoms with Gasteiger partial charge in [-0.05, 0) is 44.3 Å². The topological polar surface area (TPSA) is 76.7 Å². The molecule has 0 atom stereocenters. The van der Waals surface area contributed by atoms with E-state index in [0.29, 0.717) is 19.0 Å². The molecule has 114 valence electrons. The van der Waals surface area contributed by atoms with Crippen LogP contribution in [0.25, 0.3) is 0 Å². The Bertz CT molecular complexity index is 474. The summed E-state index contributed by atoms with van der Waals surface area (Å²) in [6, 6.07) is 6.37. The van der Waals surface area contributed by atoms with Crippen LogP contribution in [0.15, 0.2) is 29.2 Å². The zero-order chi connectivity index (χ0) is 14.8. The van der Waals surface area contributed by atoms with Gasteiger partial charge in [-0.15, -0.1) is 0 Å². The molecular formula is C13H22N2O4S. The molecule has 0 heterocycles. The predicted octanol–water partition coefficient (Wildman–Crippen LogP) is 0.600. The van der Waals surface area contributed by atoms with Gasteiger partial charge in [0.2, 0.25) is 10.0 Å². The van der Waals surface area contributed by atoms with Crippen molar-refractivity contribution in [3.05, 3.63) is 24.3 Å². The lowest BCUT2D eigenvalue weighted by Crippen LogP contribution is -2.27. The number of benzene rings is 1. The predicted molar refractivity (Wildman–Crippen MR) is 77.5 cm³/mol. The van der Waals surface area contributed by atoms with E-state index in [-0.39, 0.29) is 11.4 Å². The fraction of sp³-hybridized carbons (Fsp3) is 0.538. The molecule has 0 fully saturated rings. The van der Waals surface area contributed by atoms with Crippen LogP contribution in [0.1, 0.15) is 6.42 Å². The first-order chi connectivity index (χ1) is 9.60. The van der Waals surface area contributed by atoms with E-state index >= 15 is 0 Å². The Morgan fingerprint density at radius 1 is 1.10 bits per heavy atom. The van der Waals surface area contributed by atoms with Crippen LogP contribution in [0, 0.1) is 0 Å². The second-order valence-corrected chi connectivity index (χ2v) is 5.93. The standard InChI is InChI=1S/C13H22N2O4S/c1-14-8-3-10-19-12-4-6-13(7-5-12)20(16,17)15-9-11-18-2/h4-7,14-15H,3,8-11H2,1-2H3. The minimum atomic E-state index is -3.47. The van der Waals surface area contributed by atoms with Crippen molar-refractivity contribution in [2.45, 2.75) is 11.3 Å². The number of hydrogen-bond acceptors (Lipinski definition) is 5. The molecule has 0 spiro atoms. The normalized spacial score (nSPS) is 11.5. The number of ether oxygens (including phenoxy) is 2. The van der Waals surface area contributed by atoms with Gasteiger partial charge in [0.15, 0.2) is 0 Å². The molecular weight excluding hydrogens is 280 g/mol. The Kier molecular flexibility index (Phi) is 7.53. The van der Waals surface area contributed by atoms with Gasteiger partial charge in [0, 0.05) is 13.7 Å². The molecule has 0 aliphatic heterocycles. The van der Waals surface area contributed by atoms with Crippen LogP contribution >= 0.6 is 0 Å². The van der Waals surface area contributed by atoms with Gasteiger partial charge in [0.1, 0.15) is 5.75 Å². The molecule has 2 N–H and O–H groups in total. The van der Waals surface area contributed by atoms with E-state index in [1.54, 1.807) is 12.1 Å². The third kappa shape index (κ3) is 5.87. The third-order valence-electron chi connectivity index (χ3n) is 2.57. The maximum atomic E-state index is 11.9. The fourth-order valence-electron chi connectivity index (χ4n) is 1.52. The minimum absolute atomic E-state index is 0.219. The van der Waals surface area contributed by atoms with Crippen LogP contribution < -0.4 is 14.8 Å². The molecule has 1 rings (SSSR count). The van der Waals surface area contributed by atoms with Crippen molar-refractivity contribution in [2.75, 3.05) is 40.5 Å². The first-order valence-corrected chi connectivity index (χ1v) is 7.94. The summed E-state index contributed by atoms with van der Waals surface area (Å²) in [4.78, 5) is 0.219. The van der Waals surface area contributed by atoms with Gasteiger partial charge in [-0.2, -0.15) is 0 Å². The summed E-state index contributed by atoms with van der Waals surface area (Å²) in [5.41, 5.74) is 0. The van der Waals surface area contributed by atoms with Crippen LogP contribution in [-0.2, 0) is 14.8 Å². The highest BCUT2D eigenvalue weighted by atomic mass is 32.2. The molecule has 0 amide bonds. The monoisotopic (exact) mass is 302 g/mol. The quantitative estimate of drug-likeness (QED) is 0.619. The number of methoxy groups -OCH3 is 1. The summed E-state index contributed by atoms with van der Waals surface area (Å²) in [7, 11) is -0.0665. The Morgan fingerprint density at radius 3 is 2.40 bits per heavy atom. The van der Waals surface area contributed by atoms with Crippen LogP contribution in [0.2, 0.25) is 0 Å². The number of sulfonamides is 1. The van der Waals surface area contributed by atoms with Crippen molar-refractivity contribution in [1.29, 1.82) is 0 Å². The fourth-order valence-corrected chi connectivity index (χ4v) is 2.53. The summed E-state index contributed by atoms with van der Waals surface area (Å²) in [5, 5.41) is 3.03. The Balaban J connectivity index is 2.52. The van der Waals surface area contributed by atoms with Gasteiger partial charge < -0.3 is 14.8 Å². The molecule has 0 unspecified atom stereocenters. The molecule has 1 aromatic rings. The minimum Gasteiger partial charge on any atom is -0.494 e. The van der Waals surface area contributed by atoms with Gasteiger partial charge in [-0.25, -0.2) is 13.1 Å². The molecule has 0 bridgehead atoms. The lowest BCUT2D eigenvalue weighted by molar-refractivity contribution is 0.204. The van der Waals surface area contributed by atoms with Crippen molar-refractivity contribution >= 4 is 10.0 Å². The highest BCUT2D eigenvalue weighted by Crippen LogP contribution is 2.15. The average Bonchev–Trinajstić information content (AvgIpc) is 2.44. The van der Waals surface area contributed by atoms with E-state index in [1.807, 2.05) is 7.05 Å². The van der Waals surface area contributed by atoms with Crippen molar-refractivity contribution in [3.8, 4) is 5.75 Å². The van der Waals surface area contributed by atoms with Gasteiger partial charge in [0.25, 0.3) is 0 Å². The molecule has 0 aliphatic carbocycles. The van der Waals surface area contributed by atoms with Crippen molar-refractivity contribution in [2.24, 2.45) is 0 Å². The smallest absolute Gasteiger partial charge is 0.240 e. The third-order valence-corrected chi connectivity index (χ3v) is 4.05. The average molecular weight is 302 g/mol. The van der Waals surface area contributed by atoms with Crippen LogP contribution in [0.4, 0.5) is 0 Å². The second-order valence-electron chi connectivity index (χ2n) is 4.17. The summed E-state index contributed by atoms with van der Waals surface area (Å²) < 4.78 is 36.6. The Hall–Kier alpha value is -1.15. The molecule has 0 saturated heterocycles. The Morgan fingerprint density at radius 2 is 1.80 bits per heavy atom. The molecule has 7 heteroatoms.